The summed E-state index contributed by atoms with van der Waals surface area (Å²) in [5, 5.41) is 8.74. The van der Waals surface area contributed by atoms with Crippen LogP contribution in [0.4, 0.5) is 0 Å². The summed E-state index contributed by atoms with van der Waals surface area (Å²) in [6, 6.07) is 9.82. The lowest BCUT2D eigenvalue weighted by atomic mass is 9.88. The van der Waals surface area contributed by atoms with Gasteiger partial charge in [-0.25, -0.2) is 0 Å². The van der Waals surface area contributed by atoms with E-state index in [9.17, 15) is 0 Å². The van der Waals surface area contributed by atoms with E-state index >= 15 is 0 Å². The van der Waals surface area contributed by atoms with Crippen LogP contribution < -0.4 is 5.73 Å². The second kappa shape index (κ2) is 5.53. The highest BCUT2D eigenvalue weighted by Gasteiger charge is 2.16. The van der Waals surface area contributed by atoms with Crippen LogP contribution in [0.1, 0.15) is 45.3 Å². The molecule has 0 fully saturated rings. The molecule has 2 aromatic rings. The lowest BCUT2D eigenvalue weighted by molar-refractivity contribution is 0.348. The topological polar surface area (TPSA) is 56.7 Å². The summed E-state index contributed by atoms with van der Waals surface area (Å²) in [5.74, 6) is 0. The van der Waals surface area contributed by atoms with E-state index in [4.69, 9.17) is 5.73 Å². The van der Waals surface area contributed by atoms with Crippen molar-refractivity contribution in [1.29, 1.82) is 0 Å². The van der Waals surface area contributed by atoms with Crippen molar-refractivity contribution in [1.82, 2.24) is 15.0 Å². The molecule has 0 aliphatic rings. The highest BCUT2D eigenvalue weighted by Crippen LogP contribution is 2.25. The van der Waals surface area contributed by atoms with Gasteiger partial charge in [0, 0.05) is 0 Å². The predicted octanol–water partition coefficient (Wildman–Crippen LogP) is 3.09. The van der Waals surface area contributed by atoms with E-state index in [1.165, 1.54) is 0 Å². The third-order valence-electron chi connectivity index (χ3n) is 3.08. The molecule has 102 valence electrons. The minimum Gasteiger partial charge on any atom is -0.323 e. The Balaban J connectivity index is 2.05. The molecule has 1 aromatic carbocycles. The van der Waals surface area contributed by atoms with Crippen molar-refractivity contribution < 1.29 is 0 Å². The van der Waals surface area contributed by atoms with Crippen LogP contribution >= 0.6 is 0 Å². The van der Waals surface area contributed by atoms with Crippen molar-refractivity contribution in [3.63, 3.8) is 0 Å². The van der Waals surface area contributed by atoms with E-state index < -0.39 is 0 Å². The number of para-hydroxylation sites is 1. The molecule has 0 amide bonds. The van der Waals surface area contributed by atoms with Gasteiger partial charge in [-0.05, 0) is 30.4 Å². The molecule has 0 radical (unpaired) electrons. The summed E-state index contributed by atoms with van der Waals surface area (Å²) in [7, 11) is 0. The van der Waals surface area contributed by atoms with Gasteiger partial charge in [-0.3, -0.25) is 0 Å². The molecular formula is C15H22N4. The van der Waals surface area contributed by atoms with Crippen LogP contribution in [0.25, 0.3) is 5.69 Å². The maximum Gasteiger partial charge on any atom is 0.0998 e. The second-order valence-corrected chi connectivity index (χ2v) is 6.10. The number of nitrogens with zero attached hydrogens (tertiary/aromatic N) is 3. The van der Waals surface area contributed by atoms with Gasteiger partial charge in [0.1, 0.15) is 0 Å². The third-order valence-corrected chi connectivity index (χ3v) is 3.08. The zero-order valence-corrected chi connectivity index (χ0v) is 11.9. The molecule has 0 saturated carbocycles. The number of aromatic nitrogens is 3. The Morgan fingerprint density at radius 1 is 1.21 bits per heavy atom. The van der Waals surface area contributed by atoms with Crippen molar-refractivity contribution in [2.75, 3.05) is 0 Å². The molecule has 4 nitrogen and oxygen atoms in total. The molecule has 0 bridgehead atoms. The first-order valence-corrected chi connectivity index (χ1v) is 6.69. The first-order valence-electron chi connectivity index (χ1n) is 6.69. The number of benzene rings is 1. The lowest BCUT2D eigenvalue weighted by Crippen LogP contribution is -2.15. The molecule has 1 atom stereocenters. The average molecular weight is 258 g/mol. The molecule has 1 unspecified atom stereocenters. The molecular weight excluding hydrogens is 236 g/mol. The van der Waals surface area contributed by atoms with Crippen LogP contribution in [0, 0.1) is 5.41 Å². The summed E-state index contributed by atoms with van der Waals surface area (Å²) >= 11 is 0. The Morgan fingerprint density at radius 3 is 2.53 bits per heavy atom. The molecule has 0 spiro atoms. The minimum absolute atomic E-state index is 0.0447. The third kappa shape index (κ3) is 3.89. The Labute approximate surface area is 114 Å². The van der Waals surface area contributed by atoms with Gasteiger partial charge in [0.2, 0.25) is 0 Å². The van der Waals surface area contributed by atoms with Crippen molar-refractivity contribution in [3.05, 3.63) is 42.2 Å². The van der Waals surface area contributed by atoms with Crippen LogP contribution in [0.3, 0.4) is 0 Å². The zero-order valence-electron chi connectivity index (χ0n) is 11.9. The molecule has 0 saturated heterocycles. The number of hydrogen-bond donors (Lipinski definition) is 1. The largest absolute Gasteiger partial charge is 0.323 e. The quantitative estimate of drug-likeness (QED) is 0.916. The monoisotopic (exact) mass is 258 g/mol. The van der Waals surface area contributed by atoms with Crippen molar-refractivity contribution in [3.8, 4) is 5.69 Å². The van der Waals surface area contributed by atoms with Gasteiger partial charge < -0.3 is 5.73 Å². The minimum atomic E-state index is -0.0447. The Morgan fingerprint density at radius 2 is 1.89 bits per heavy atom. The standard InChI is InChI=1S/C15H22N4/c1-15(2,3)10-9-13(16)14-11-17-19(18-14)12-7-5-4-6-8-12/h4-8,11,13H,9-10,16H2,1-3H3. The molecule has 2 N–H and O–H groups in total. The number of nitrogens with two attached hydrogens (primary N) is 1. The maximum atomic E-state index is 6.18. The zero-order chi connectivity index (χ0) is 13.9. The fourth-order valence-corrected chi connectivity index (χ4v) is 1.87. The highest BCUT2D eigenvalue weighted by molar-refractivity contribution is 5.28. The van der Waals surface area contributed by atoms with Crippen LogP contribution in [0.15, 0.2) is 36.5 Å². The van der Waals surface area contributed by atoms with Gasteiger partial charge in [0.05, 0.1) is 23.6 Å². The molecule has 0 aliphatic carbocycles. The van der Waals surface area contributed by atoms with Crippen LogP contribution in [-0.2, 0) is 0 Å². The predicted molar refractivity (Wildman–Crippen MR) is 77.0 cm³/mol. The van der Waals surface area contributed by atoms with Crippen LogP contribution in [-0.4, -0.2) is 15.0 Å². The van der Waals surface area contributed by atoms with E-state index in [1.807, 2.05) is 30.3 Å². The summed E-state index contributed by atoms with van der Waals surface area (Å²) < 4.78 is 0. The molecule has 4 heteroatoms. The number of hydrogen-bond acceptors (Lipinski definition) is 3. The van der Waals surface area contributed by atoms with Gasteiger partial charge in [-0.15, -0.1) is 0 Å². The van der Waals surface area contributed by atoms with Gasteiger partial charge in [0.25, 0.3) is 0 Å². The Hall–Kier alpha value is -1.68. The lowest BCUT2D eigenvalue weighted by Gasteiger charge is -2.19. The molecule has 19 heavy (non-hydrogen) atoms. The van der Waals surface area contributed by atoms with E-state index in [-0.39, 0.29) is 6.04 Å². The van der Waals surface area contributed by atoms with Gasteiger partial charge in [-0.2, -0.15) is 15.0 Å². The molecule has 2 rings (SSSR count). The summed E-state index contributed by atoms with van der Waals surface area (Å²) in [4.78, 5) is 1.63. The normalized spacial score (nSPS) is 13.5. The van der Waals surface area contributed by atoms with Crippen LogP contribution in [0.2, 0.25) is 0 Å². The fourth-order valence-electron chi connectivity index (χ4n) is 1.87. The molecule has 1 aromatic heterocycles. The van der Waals surface area contributed by atoms with E-state index in [1.54, 1.807) is 11.0 Å². The van der Waals surface area contributed by atoms with E-state index in [0.29, 0.717) is 5.41 Å². The molecule has 0 aliphatic heterocycles. The van der Waals surface area contributed by atoms with E-state index in [2.05, 4.69) is 31.0 Å². The summed E-state index contributed by atoms with van der Waals surface area (Å²) in [5.41, 5.74) is 8.29. The number of rotatable bonds is 4. The molecule has 1 heterocycles. The second-order valence-electron chi connectivity index (χ2n) is 6.10. The van der Waals surface area contributed by atoms with Crippen LogP contribution in [0.5, 0.6) is 0 Å². The summed E-state index contributed by atoms with van der Waals surface area (Å²) in [6.45, 7) is 6.67. The van der Waals surface area contributed by atoms with E-state index in [0.717, 1.165) is 24.2 Å². The smallest absolute Gasteiger partial charge is 0.0998 e. The first kappa shape index (κ1) is 13.7. The van der Waals surface area contributed by atoms with Crippen molar-refractivity contribution in [2.24, 2.45) is 11.1 Å². The summed E-state index contributed by atoms with van der Waals surface area (Å²) in [6.07, 6.45) is 3.77. The highest BCUT2D eigenvalue weighted by atomic mass is 15.5. The maximum absolute atomic E-state index is 6.18. The average Bonchev–Trinajstić information content (AvgIpc) is 2.86. The Bertz CT molecular complexity index is 510. The van der Waals surface area contributed by atoms with Crippen molar-refractivity contribution in [2.45, 2.75) is 39.7 Å². The SMILES string of the molecule is CC(C)(C)CCC(N)c1cnn(-c2ccccc2)n1. The van der Waals surface area contributed by atoms with Gasteiger partial charge in [-0.1, -0.05) is 39.0 Å². The fraction of sp³-hybridized carbons (Fsp3) is 0.467. The Kier molecular flexibility index (Phi) is 4.00. The van der Waals surface area contributed by atoms with Crippen molar-refractivity contribution >= 4 is 0 Å². The van der Waals surface area contributed by atoms with Gasteiger partial charge in [0.15, 0.2) is 0 Å². The first-order chi connectivity index (χ1) is 8.96. The van der Waals surface area contributed by atoms with Gasteiger partial charge >= 0.3 is 0 Å².